The molecule has 0 bridgehead atoms. The summed E-state index contributed by atoms with van der Waals surface area (Å²) in [5.74, 6) is -0.452. The number of hydrogen-bond acceptors (Lipinski definition) is 2. The van der Waals surface area contributed by atoms with Gasteiger partial charge >= 0.3 is 0 Å². The minimum absolute atomic E-state index is 0. The van der Waals surface area contributed by atoms with Gasteiger partial charge in [0.15, 0.2) is 0 Å². The number of halogens is 4. The second-order valence-corrected chi connectivity index (χ2v) is 5.57. The molecule has 1 aliphatic heterocycles. The fourth-order valence-corrected chi connectivity index (χ4v) is 2.72. The first-order valence-corrected chi connectivity index (χ1v) is 6.98. The Morgan fingerprint density at radius 1 is 1.10 bits per heavy atom. The molecule has 0 unspecified atom stereocenters. The standard InChI is InChI=1S/C15H22F2N2.2ClH/c1-11(2)10-14(19-8-6-18-7-9-19)15-12(16)4-3-5-13(15)17;;/h3-5,11,14,18H,6-10H2,1-2H3;2*1H/t14-;;/m0../s1. The summed E-state index contributed by atoms with van der Waals surface area (Å²) >= 11 is 0. The van der Waals surface area contributed by atoms with E-state index in [0.29, 0.717) is 5.92 Å². The van der Waals surface area contributed by atoms with E-state index in [1.807, 2.05) is 0 Å². The van der Waals surface area contributed by atoms with E-state index in [1.54, 1.807) is 0 Å². The van der Waals surface area contributed by atoms with Crippen LogP contribution in [0.2, 0.25) is 0 Å². The van der Waals surface area contributed by atoms with Crippen molar-refractivity contribution >= 4 is 24.8 Å². The summed E-state index contributed by atoms with van der Waals surface area (Å²) in [6.07, 6.45) is 0.776. The first-order valence-electron chi connectivity index (χ1n) is 6.98. The molecule has 2 rings (SSSR count). The Bertz CT molecular complexity index is 404. The molecule has 1 aliphatic rings. The van der Waals surface area contributed by atoms with E-state index in [1.165, 1.54) is 18.2 Å². The SMILES string of the molecule is CC(C)C[C@@H](c1c(F)cccc1F)N1CCNCC1.Cl.Cl. The molecule has 0 amide bonds. The predicted molar refractivity (Wildman–Crippen MR) is 87.5 cm³/mol. The van der Waals surface area contributed by atoms with Crippen LogP contribution in [0, 0.1) is 17.6 Å². The summed E-state index contributed by atoms with van der Waals surface area (Å²) in [6, 6.07) is 3.98. The van der Waals surface area contributed by atoms with Gasteiger partial charge in [-0.25, -0.2) is 8.78 Å². The Hall–Kier alpha value is -0.420. The Kier molecular flexibility index (Phi) is 9.38. The predicted octanol–water partition coefficient (Wildman–Crippen LogP) is 3.80. The van der Waals surface area contributed by atoms with Crippen molar-refractivity contribution in [3.8, 4) is 0 Å². The van der Waals surface area contributed by atoms with Crippen LogP contribution in [0.25, 0.3) is 0 Å². The van der Waals surface area contributed by atoms with Gasteiger partial charge in [-0.15, -0.1) is 24.8 Å². The highest BCUT2D eigenvalue weighted by atomic mass is 35.5. The van der Waals surface area contributed by atoms with Crippen LogP contribution in [0.4, 0.5) is 8.78 Å². The van der Waals surface area contributed by atoms with Gasteiger partial charge in [0.2, 0.25) is 0 Å². The molecule has 0 aliphatic carbocycles. The number of nitrogens with one attached hydrogen (secondary N) is 1. The molecule has 2 nitrogen and oxygen atoms in total. The van der Waals surface area contributed by atoms with E-state index < -0.39 is 11.6 Å². The van der Waals surface area contributed by atoms with Gasteiger partial charge in [0, 0.05) is 37.8 Å². The summed E-state index contributed by atoms with van der Waals surface area (Å²) in [4.78, 5) is 2.19. The fourth-order valence-electron chi connectivity index (χ4n) is 2.72. The highest BCUT2D eigenvalue weighted by Crippen LogP contribution is 2.31. The molecule has 0 radical (unpaired) electrons. The number of rotatable bonds is 4. The summed E-state index contributed by atoms with van der Waals surface area (Å²) in [5, 5.41) is 3.27. The van der Waals surface area contributed by atoms with Gasteiger partial charge < -0.3 is 5.32 Å². The average Bonchev–Trinajstić information content (AvgIpc) is 2.38. The van der Waals surface area contributed by atoms with Crippen LogP contribution in [0.5, 0.6) is 0 Å². The Balaban J connectivity index is 0.00000200. The summed E-state index contributed by atoms with van der Waals surface area (Å²) < 4.78 is 28.0. The van der Waals surface area contributed by atoms with E-state index in [-0.39, 0.29) is 36.4 Å². The lowest BCUT2D eigenvalue weighted by Crippen LogP contribution is -2.45. The molecule has 1 saturated heterocycles. The highest BCUT2D eigenvalue weighted by molar-refractivity contribution is 5.85. The van der Waals surface area contributed by atoms with Gasteiger partial charge in [-0.1, -0.05) is 19.9 Å². The van der Waals surface area contributed by atoms with E-state index in [4.69, 9.17) is 0 Å². The van der Waals surface area contributed by atoms with E-state index >= 15 is 0 Å². The van der Waals surface area contributed by atoms with Crippen LogP contribution < -0.4 is 5.32 Å². The third kappa shape index (κ3) is 5.37. The highest BCUT2D eigenvalue weighted by Gasteiger charge is 2.27. The first-order chi connectivity index (χ1) is 9.09. The van der Waals surface area contributed by atoms with Crippen molar-refractivity contribution in [2.75, 3.05) is 26.2 Å². The van der Waals surface area contributed by atoms with Crippen molar-refractivity contribution in [1.29, 1.82) is 0 Å². The lowest BCUT2D eigenvalue weighted by atomic mass is 9.94. The molecular weight excluding hydrogens is 317 g/mol. The van der Waals surface area contributed by atoms with Crippen molar-refractivity contribution in [2.24, 2.45) is 5.92 Å². The number of piperazine rings is 1. The Labute approximate surface area is 138 Å². The minimum Gasteiger partial charge on any atom is -0.314 e. The lowest BCUT2D eigenvalue weighted by Gasteiger charge is -2.36. The van der Waals surface area contributed by atoms with Crippen molar-refractivity contribution in [2.45, 2.75) is 26.3 Å². The first kappa shape index (κ1) is 20.6. The van der Waals surface area contributed by atoms with Crippen LogP contribution in [0.15, 0.2) is 18.2 Å². The molecule has 122 valence electrons. The number of hydrogen-bond donors (Lipinski definition) is 1. The van der Waals surface area contributed by atoms with Crippen molar-refractivity contribution in [3.63, 3.8) is 0 Å². The van der Waals surface area contributed by atoms with Crippen LogP contribution in [0.1, 0.15) is 31.9 Å². The second-order valence-electron chi connectivity index (χ2n) is 5.57. The number of benzene rings is 1. The molecule has 1 heterocycles. The molecule has 0 saturated carbocycles. The lowest BCUT2D eigenvalue weighted by molar-refractivity contribution is 0.147. The Morgan fingerprint density at radius 2 is 1.62 bits per heavy atom. The van der Waals surface area contributed by atoms with Crippen molar-refractivity contribution in [3.05, 3.63) is 35.4 Å². The minimum atomic E-state index is -0.427. The maximum Gasteiger partial charge on any atom is 0.130 e. The van der Waals surface area contributed by atoms with Gasteiger partial charge in [-0.3, -0.25) is 4.90 Å². The second kappa shape index (κ2) is 9.57. The van der Waals surface area contributed by atoms with Gasteiger partial charge in [0.25, 0.3) is 0 Å². The normalized spacial score (nSPS) is 17.0. The summed E-state index contributed by atoms with van der Waals surface area (Å²) in [7, 11) is 0. The molecule has 1 N–H and O–H groups in total. The van der Waals surface area contributed by atoms with E-state index in [0.717, 1.165) is 32.6 Å². The molecule has 1 atom stereocenters. The summed E-state index contributed by atoms with van der Waals surface area (Å²) in [5.41, 5.74) is 0.234. The molecule has 1 aromatic rings. The van der Waals surface area contributed by atoms with E-state index in [2.05, 4.69) is 24.1 Å². The summed E-state index contributed by atoms with van der Waals surface area (Å²) in [6.45, 7) is 7.62. The maximum absolute atomic E-state index is 14.0. The van der Waals surface area contributed by atoms with Crippen molar-refractivity contribution < 1.29 is 8.78 Å². The van der Waals surface area contributed by atoms with Gasteiger partial charge in [0.05, 0.1) is 0 Å². The zero-order chi connectivity index (χ0) is 13.8. The fraction of sp³-hybridized carbons (Fsp3) is 0.600. The molecule has 0 aromatic heterocycles. The Morgan fingerprint density at radius 3 is 2.10 bits per heavy atom. The zero-order valence-electron chi connectivity index (χ0n) is 12.4. The topological polar surface area (TPSA) is 15.3 Å². The third-order valence-electron chi connectivity index (χ3n) is 3.62. The van der Waals surface area contributed by atoms with E-state index in [9.17, 15) is 8.78 Å². The quantitative estimate of drug-likeness (QED) is 0.896. The molecule has 0 spiro atoms. The van der Waals surface area contributed by atoms with Crippen LogP contribution >= 0.6 is 24.8 Å². The third-order valence-corrected chi connectivity index (χ3v) is 3.62. The monoisotopic (exact) mass is 340 g/mol. The molecule has 1 aromatic carbocycles. The molecule has 21 heavy (non-hydrogen) atoms. The van der Waals surface area contributed by atoms with Gasteiger partial charge in [0.1, 0.15) is 11.6 Å². The van der Waals surface area contributed by atoms with Gasteiger partial charge in [-0.05, 0) is 24.5 Å². The smallest absolute Gasteiger partial charge is 0.130 e. The number of nitrogens with zero attached hydrogens (tertiary/aromatic N) is 1. The molecule has 1 fully saturated rings. The van der Waals surface area contributed by atoms with Crippen LogP contribution in [-0.4, -0.2) is 31.1 Å². The van der Waals surface area contributed by atoms with Crippen LogP contribution in [-0.2, 0) is 0 Å². The van der Waals surface area contributed by atoms with Crippen molar-refractivity contribution in [1.82, 2.24) is 10.2 Å². The largest absolute Gasteiger partial charge is 0.314 e. The zero-order valence-corrected chi connectivity index (χ0v) is 14.1. The molecular formula is C15H24Cl2F2N2. The average molecular weight is 341 g/mol. The molecule has 6 heteroatoms. The maximum atomic E-state index is 14.0. The van der Waals surface area contributed by atoms with Crippen LogP contribution in [0.3, 0.4) is 0 Å². The van der Waals surface area contributed by atoms with Gasteiger partial charge in [-0.2, -0.15) is 0 Å².